The van der Waals surface area contributed by atoms with Crippen LogP contribution in [0.25, 0.3) is 0 Å². The minimum Gasteiger partial charge on any atom is -0.446 e. The van der Waals surface area contributed by atoms with Gasteiger partial charge < -0.3 is 20.7 Å². The van der Waals surface area contributed by atoms with Gasteiger partial charge in [0.05, 0.1) is 5.92 Å². The topological polar surface area (TPSA) is 140 Å². The van der Waals surface area contributed by atoms with Crippen LogP contribution in [0, 0.1) is 22.0 Å². The summed E-state index contributed by atoms with van der Waals surface area (Å²) in [5, 5.41) is 19.4. The standard InChI is InChI=1S/C19H34N4O6/c1-13(29-19(26)20-3)16-11-15(8-9-17(16)23(27)28)12-22-18(25)7-5-4-6-10-21-14(2)24/h13,15-17H,4-12H2,1-3H3,(H,20,26)(H,21,24)(H,22,25). The Hall–Kier alpha value is -2.39. The summed E-state index contributed by atoms with van der Waals surface area (Å²) in [5.74, 6) is -0.350. The maximum atomic E-state index is 12.0. The quantitative estimate of drug-likeness (QED) is 0.267. The number of carbonyl (C=O) groups is 3. The molecule has 0 aromatic carbocycles. The summed E-state index contributed by atoms with van der Waals surface area (Å²) in [6.45, 7) is 4.24. The second-order valence-electron chi connectivity index (χ2n) is 7.65. The Morgan fingerprint density at radius 2 is 1.90 bits per heavy atom. The largest absolute Gasteiger partial charge is 0.446 e. The lowest BCUT2D eigenvalue weighted by Crippen LogP contribution is -2.45. The van der Waals surface area contributed by atoms with Gasteiger partial charge in [0, 0.05) is 44.8 Å². The Kier molecular flexibility index (Phi) is 11.0. The van der Waals surface area contributed by atoms with Gasteiger partial charge in [-0.25, -0.2) is 4.79 Å². The van der Waals surface area contributed by atoms with Crippen LogP contribution in [0.1, 0.15) is 58.8 Å². The zero-order valence-corrected chi connectivity index (χ0v) is 17.6. The molecular formula is C19H34N4O6. The highest BCUT2D eigenvalue weighted by Gasteiger charge is 2.42. The number of rotatable bonds is 11. The van der Waals surface area contributed by atoms with E-state index < -0.39 is 18.2 Å². The highest BCUT2D eigenvalue weighted by Crippen LogP contribution is 2.34. The second kappa shape index (κ2) is 12.9. The fourth-order valence-electron chi connectivity index (χ4n) is 3.75. The van der Waals surface area contributed by atoms with Crippen molar-refractivity contribution in [2.75, 3.05) is 20.1 Å². The molecule has 1 aliphatic carbocycles. The SMILES string of the molecule is CNC(=O)OC(C)C1CC(CNC(=O)CCCCCNC(C)=O)CCC1[N+](=O)[O-]. The molecule has 0 radical (unpaired) electrons. The lowest BCUT2D eigenvalue weighted by Gasteiger charge is -2.34. The van der Waals surface area contributed by atoms with E-state index in [0.29, 0.717) is 38.8 Å². The van der Waals surface area contributed by atoms with Crippen molar-refractivity contribution in [2.24, 2.45) is 11.8 Å². The molecule has 0 heterocycles. The molecule has 0 bridgehead atoms. The van der Waals surface area contributed by atoms with Gasteiger partial charge in [-0.2, -0.15) is 0 Å². The molecule has 29 heavy (non-hydrogen) atoms. The maximum absolute atomic E-state index is 12.0. The smallest absolute Gasteiger partial charge is 0.407 e. The molecule has 166 valence electrons. The molecule has 0 spiro atoms. The van der Waals surface area contributed by atoms with Gasteiger partial charge >= 0.3 is 6.09 Å². The molecule has 1 saturated carbocycles. The van der Waals surface area contributed by atoms with Gasteiger partial charge in [-0.15, -0.1) is 0 Å². The van der Waals surface area contributed by atoms with Gasteiger partial charge in [-0.05, 0) is 38.5 Å². The van der Waals surface area contributed by atoms with Gasteiger partial charge in [-0.3, -0.25) is 19.7 Å². The molecule has 4 unspecified atom stereocenters. The van der Waals surface area contributed by atoms with Gasteiger partial charge in [0.2, 0.25) is 17.9 Å². The fraction of sp³-hybridized carbons (Fsp3) is 0.842. The normalized spacial score (nSPS) is 22.2. The molecule has 1 aliphatic rings. The van der Waals surface area contributed by atoms with Gasteiger partial charge in [-0.1, -0.05) is 6.42 Å². The van der Waals surface area contributed by atoms with E-state index in [4.69, 9.17) is 4.74 Å². The molecular weight excluding hydrogens is 380 g/mol. The van der Waals surface area contributed by atoms with E-state index in [1.807, 2.05) is 0 Å². The molecule has 1 fully saturated rings. The Morgan fingerprint density at radius 3 is 2.52 bits per heavy atom. The molecule has 0 aromatic heterocycles. The predicted molar refractivity (Wildman–Crippen MR) is 107 cm³/mol. The number of carbonyl (C=O) groups excluding carboxylic acids is 3. The van der Waals surface area contributed by atoms with Crippen molar-refractivity contribution < 1.29 is 24.0 Å². The van der Waals surface area contributed by atoms with E-state index in [1.165, 1.54) is 14.0 Å². The van der Waals surface area contributed by atoms with Crippen molar-refractivity contribution in [1.82, 2.24) is 16.0 Å². The number of nitrogens with one attached hydrogen (secondary N) is 3. The summed E-state index contributed by atoms with van der Waals surface area (Å²) in [6.07, 6.45) is 3.28. The van der Waals surface area contributed by atoms with Crippen LogP contribution in [0.5, 0.6) is 0 Å². The number of unbranched alkanes of at least 4 members (excludes halogenated alkanes) is 2. The van der Waals surface area contributed by atoms with E-state index in [2.05, 4.69) is 16.0 Å². The summed E-state index contributed by atoms with van der Waals surface area (Å²) in [7, 11) is 1.44. The van der Waals surface area contributed by atoms with Crippen LogP contribution >= 0.6 is 0 Å². The lowest BCUT2D eigenvalue weighted by molar-refractivity contribution is -0.538. The van der Waals surface area contributed by atoms with Crippen molar-refractivity contribution in [3.8, 4) is 0 Å². The summed E-state index contributed by atoms with van der Waals surface area (Å²) in [4.78, 5) is 45.4. The average molecular weight is 415 g/mol. The third kappa shape index (κ3) is 9.58. The fourth-order valence-corrected chi connectivity index (χ4v) is 3.75. The monoisotopic (exact) mass is 414 g/mol. The predicted octanol–water partition coefficient (Wildman–Crippen LogP) is 1.61. The van der Waals surface area contributed by atoms with E-state index in [9.17, 15) is 24.5 Å². The summed E-state index contributed by atoms with van der Waals surface area (Å²) < 4.78 is 5.23. The summed E-state index contributed by atoms with van der Waals surface area (Å²) in [6, 6.07) is -0.745. The number of nitrogens with zero attached hydrogens (tertiary/aromatic N) is 1. The number of hydrogen-bond donors (Lipinski definition) is 3. The van der Waals surface area contributed by atoms with Crippen LogP contribution in [0.15, 0.2) is 0 Å². The first-order valence-corrected chi connectivity index (χ1v) is 10.3. The number of nitro groups is 1. The first-order valence-electron chi connectivity index (χ1n) is 10.3. The van der Waals surface area contributed by atoms with Crippen LogP contribution in [-0.2, 0) is 14.3 Å². The molecule has 3 N–H and O–H groups in total. The van der Waals surface area contributed by atoms with Crippen molar-refractivity contribution in [1.29, 1.82) is 0 Å². The lowest BCUT2D eigenvalue weighted by atomic mass is 9.75. The van der Waals surface area contributed by atoms with E-state index in [0.717, 1.165) is 19.3 Å². The highest BCUT2D eigenvalue weighted by molar-refractivity contribution is 5.75. The molecule has 3 amide bonds. The van der Waals surface area contributed by atoms with Gasteiger partial charge in [0.25, 0.3) is 0 Å². The van der Waals surface area contributed by atoms with Crippen molar-refractivity contribution in [3.05, 3.63) is 10.1 Å². The van der Waals surface area contributed by atoms with Crippen molar-refractivity contribution >= 4 is 17.9 Å². The van der Waals surface area contributed by atoms with Crippen LogP contribution in [0.3, 0.4) is 0 Å². The van der Waals surface area contributed by atoms with E-state index in [-0.39, 0.29) is 28.6 Å². The van der Waals surface area contributed by atoms with Crippen LogP contribution < -0.4 is 16.0 Å². The Labute approximate surface area is 171 Å². The molecule has 4 atom stereocenters. The first kappa shape index (κ1) is 24.6. The van der Waals surface area contributed by atoms with E-state index >= 15 is 0 Å². The molecule has 10 heteroatoms. The number of ether oxygens (including phenoxy) is 1. The van der Waals surface area contributed by atoms with Crippen LogP contribution in [0.2, 0.25) is 0 Å². The highest BCUT2D eigenvalue weighted by atomic mass is 16.6. The minimum atomic E-state index is -0.745. The maximum Gasteiger partial charge on any atom is 0.407 e. The zero-order chi connectivity index (χ0) is 21.8. The van der Waals surface area contributed by atoms with Crippen LogP contribution in [0.4, 0.5) is 4.79 Å². The number of amides is 3. The first-order chi connectivity index (χ1) is 13.7. The summed E-state index contributed by atoms with van der Waals surface area (Å²) >= 11 is 0. The van der Waals surface area contributed by atoms with Crippen molar-refractivity contribution in [2.45, 2.75) is 70.9 Å². The van der Waals surface area contributed by atoms with E-state index in [1.54, 1.807) is 6.92 Å². The average Bonchev–Trinajstić information content (AvgIpc) is 2.68. The number of hydrogen-bond acceptors (Lipinski definition) is 6. The zero-order valence-electron chi connectivity index (χ0n) is 17.6. The number of alkyl carbamates (subject to hydrolysis) is 1. The third-order valence-electron chi connectivity index (χ3n) is 5.38. The Balaban J connectivity index is 2.38. The Morgan fingerprint density at radius 1 is 1.17 bits per heavy atom. The molecule has 10 nitrogen and oxygen atoms in total. The second-order valence-corrected chi connectivity index (χ2v) is 7.65. The molecule has 0 aliphatic heterocycles. The minimum absolute atomic E-state index is 0.0351. The molecule has 0 aromatic rings. The molecule has 0 saturated heterocycles. The van der Waals surface area contributed by atoms with Crippen molar-refractivity contribution in [3.63, 3.8) is 0 Å². The van der Waals surface area contributed by atoms with Gasteiger partial charge in [0.1, 0.15) is 6.10 Å². The summed E-state index contributed by atoms with van der Waals surface area (Å²) in [5.41, 5.74) is 0. The van der Waals surface area contributed by atoms with Gasteiger partial charge in [0.15, 0.2) is 0 Å². The van der Waals surface area contributed by atoms with Crippen LogP contribution in [-0.4, -0.2) is 55.1 Å². The molecule has 1 rings (SSSR count). The Bertz CT molecular complexity index is 571. The third-order valence-corrected chi connectivity index (χ3v) is 5.38.